The number of carbonyl (C=O) groups excluding carboxylic acids is 1. The van der Waals surface area contributed by atoms with E-state index in [1.165, 1.54) is 0 Å². The van der Waals surface area contributed by atoms with Crippen molar-refractivity contribution in [3.8, 4) is 23.0 Å². The number of amides is 1. The number of methoxy groups -OCH3 is 1. The van der Waals surface area contributed by atoms with Crippen LogP contribution in [-0.2, 0) is 11.2 Å². The van der Waals surface area contributed by atoms with E-state index in [0.29, 0.717) is 32.7 Å². The molecule has 6 nitrogen and oxygen atoms in total. The quantitative estimate of drug-likeness (QED) is 0.773. The van der Waals surface area contributed by atoms with Crippen LogP contribution in [0.5, 0.6) is 23.0 Å². The number of carbonyl (C=O) groups is 1. The topological polar surface area (TPSA) is 66.0 Å². The van der Waals surface area contributed by atoms with Crippen molar-refractivity contribution >= 4 is 5.91 Å². The molecular weight excluding hydrogens is 346 g/mol. The van der Waals surface area contributed by atoms with Crippen molar-refractivity contribution in [1.29, 1.82) is 0 Å². The summed E-state index contributed by atoms with van der Waals surface area (Å²) in [6, 6.07) is 13.1. The minimum atomic E-state index is -0.0835. The molecule has 6 heteroatoms. The van der Waals surface area contributed by atoms with E-state index < -0.39 is 0 Å². The van der Waals surface area contributed by atoms with Crippen LogP contribution in [0.4, 0.5) is 0 Å². The minimum Gasteiger partial charge on any atom is -0.497 e. The summed E-state index contributed by atoms with van der Waals surface area (Å²) in [5.41, 5.74) is 1.05. The van der Waals surface area contributed by atoms with Crippen LogP contribution in [0.15, 0.2) is 42.5 Å². The van der Waals surface area contributed by atoms with Gasteiger partial charge in [-0.2, -0.15) is 0 Å². The van der Waals surface area contributed by atoms with Gasteiger partial charge >= 0.3 is 0 Å². The number of rotatable bonds is 8. The molecule has 0 bridgehead atoms. The van der Waals surface area contributed by atoms with Gasteiger partial charge in [0.2, 0.25) is 5.91 Å². The predicted octanol–water partition coefficient (Wildman–Crippen LogP) is 2.98. The molecule has 27 heavy (non-hydrogen) atoms. The lowest BCUT2D eigenvalue weighted by Crippen LogP contribution is -2.36. The summed E-state index contributed by atoms with van der Waals surface area (Å²) in [7, 11) is 1.62. The summed E-state index contributed by atoms with van der Waals surface area (Å²) in [6.07, 6.45) is 1.06. The van der Waals surface area contributed by atoms with Gasteiger partial charge in [0.15, 0.2) is 11.5 Å². The highest BCUT2D eigenvalue weighted by atomic mass is 16.6. The second-order valence-electron chi connectivity index (χ2n) is 6.43. The molecule has 2 aromatic carbocycles. The van der Waals surface area contributed by atoms with Gasteiger partial charge in [0.05, 0.1) is 13.2 Å². The third-order valence-corrected chi connectivity index (χ3v) is 4.21. The van der Waals surface area contributed by atoms with Gasteiger partial charge in [0.25, 0.3) is 0 Å². The summed E-state index contributed by atoms with van der Waals surface area (Å²) in [5.74, 6) is 3.03. The van der Waals surface area contributed by atoms with Crippen molar-refractivity contribution in [2.45, 2.75) is 25.8 Å². The molecule has 0 radical (unpaired) electrons. The molecule has 0 spiro atoms. The van der Waals surface area contributed by atoms with Crippen LogP contribution in [0, 0.1) is 0 Å². The first-order valence-corrected chi connectivity index (χ1v) is 9.09. The average Bonchev–Trinajstić information content (AvgIpc) is 2.71. The van der Waals surface area contributed by atoms with Gasteiger partial charge in [0, 0.05) is 6.42 Å². The number of hydrogen-bond acceptors (Lipinski definition) is 5. The van der Waals surface area contributed by atoms with Crippen LogP contribution in [-0.4, -0.2) is 38.9 Å². The van der Waals surface area contributed by atoms with Gasteiger partial charge in [-0.25, -0.2) is 0 Å². The van der Waals surface area contributed by atoms with Crippen LogP contribution >= 0.6 is 0 Å². The van der Waals surface area contributed by atoms with Gasteiger partial charge in [-0.3, -0.25) is 4.79 Å². The second kappa shape index (κ2) is 9.16. The number of hydrogen-bond donors (Lipinski definition) is 1. The summed E-state index contributed by atoms with van der Waals surface area (Å²) in [6.45, 7) is 3.46. The Morgan fingerprint density at radius 1 is 1.07 bits per heavy atom. The van der Waals surface area contributed by atoms with Crippen molar-refractivity contribution in [3.05, 3.63) is 48.0 Å². The zero-order valence-electron chi connectivity index (χ0n) is 15.7. The number of fused-ring (bicyclic) bond motifs is 1. The summed E-state index contributed by atoms with van der Waals surface area (Å²) >= 11 is 0. The largest absolute Gasteiger partial charge is 0.497 e. The lowest BCUT2D eigenvalue weighted by atomic mass is 10.1. The van der Waals surface area contributed by atoms with Crippen molar-refractivity contribution in [3.63, 3.8) is 0 Å². The van der Waals surface area contributed by atoms with E-state index in [2.05, 4.69) is 5.32 Å². The van der Waals surface area contributed by atoms with E-state index >= 15 is 0 Å². The summed E-state index contributed by atoms with van der Waals surface area (Å²) in [5, 5.41) is 2.96. The summed E-state index contributed by atoms with van der Waals surface area (Å²) < 4.78 is 21.9. The lowest BCUT2D eigenvalue weighted by molar-refractivity contribution is -0.121. The first kappa shape index (κ1) is 18.9. The fourth-order valence-corrected chi connectivity index (χ4v) is 2.78. The summed E-state index contributed by atoms with van der Waals surface area (Å²) in [4.78, 5) is 12.2. The van der Waals surface area contributed by atoms with E-state index in [4.69, 9.17) is 18.9 Å². The van der Waals surface area contributed by atoms with Gasteiger partial charge in [-0.15, -0.1) is 0 Å². The second-order valence-corrected chi connectivity index (χ2v) is 6.43. The van der Waals surface area contributed by atoms with Crippen LogP contribution in [0.2, 0.25) is 0 Å². The van der Waals surface area contributed by atoms with Crippen molar-refractivity contribution in [1.82, 2.24) is 5.32 Å². The third kappa shape index (κ3) is 5.54. The SMILES string of the molecule is COc1ccc(OCC(C)NC(=O)CCc2ccc3c(c2)OCCO3)cc1. The lowest BCUT2D eigenvalue weighted by Gasteiger charge is -2.19. The highest BCUT2D eigenvalue weighted by Gasteiger charge is 2.13. The molecule has 1 heterocycles. The maximum atomic E-state index is 12.2. The molecule has 2 aromatic rings. The monoisotopic (exact) mass is 371 g/mol. The number of benzene rings is 2. The number of nitrogens with one attached hydrogen (secondary N) is 1. The van der Waals surface area contributed by atoms with Crippen LogP contribution in [0.3, 0.4) is 0 Å². The van der Waals surface area contributed by atoms with Gasteiger partial charge < -0.3 is 24.3 Å². The molecular formula is C21H25NO5. The minimum absolute atomic E-state index is 0.00396. The first-order valence-electron chi connectivity index (χ1n) is 9.09. The van der Waals surface area contributed by atoms with E-state index in [1.807, 2.05) is 49.4 Å². The molecule has 1 aliphatic heterocycles. The molecule has 3 rings (SSSR count). The molecule has 0 fully saturated rings. The predicted molar refractivity (Wildman–Crippen MR) is 102 cm³/mol. The van der Waals surface area contributed by atoms with Crippen molar-refractivity contribution < 1.29 is 23.7 Å². The smallest absolute Gasteiger partial charge is 0.220 e. The average molecular weight is 371 g/mol. The Hall–Kier alpha value is -2.89. The van der Waals surface area contributed by atoms with E-state index in [1.54, 1.807) is 7.11 Å². The Morgan fingerprint density at radius 2 is 1.78 bits per heavy atom. The first-order chi connectivity index (χ1) is 13.1. The molecule has 1 atom stereocenters. The van der Waals surface area contributed by atoms with Crippen molar-refractivity contribution in [2.75, 3.05) is 26.9 Å². The molecule has 0 saturated heterocycles. The third-order valence-electron chi connectivity index (χ3n) is 4.21. The van der Waals surface area contributed by atoms with Crippen LogP contribution in [0.25, 0.3) is 0 Å². The van der Waals surface area contributed by atoms with E-state index in [9.17, 15) is 4.79 Å². The van der Waals surface area contributed by atoms with E-state index in [-0.39, 0.29) is 11.9 Å². The molecule has 1 amide bonds. The van der Waals surface area contributed by atoms with Crippen LogP contribution < -0.4 is 24.3 Å². The molecule has 1 aliphatic rings. The highest BCUT2D eigenvalue weighted by Crippen LogP contribution is 2.31. The molecule has 0 aromatic heterocycles. The zero-order chi connectivity index (χ0) is 19.1. The van der Waals surface area contributed by atoms with Gasteiger partial charge in [0.1, 0.15) is 31.3 Å². The maximum Gasteiger partial charge on any atom is 0.220 e. The highest BCUT2D eigenvalue weighted by molar-refractivity contribution is 5.76. The Kier molecular flexibility index (Phi) is 6.41. The molecule has 0 saturated carbocycles. The Balaban J connectivity index is 1.40. The standard InChI is InChI=1S/C21H25NO5/c1-15(14-27-18-7-5-17(24-2)6-8-18)22-21(23)10-4-16-3-9-19-20(13-16)26-12-11-25-19/h3,5-9,13,15H,4,10-12,14H2,1-2H3,(H,22,23). The molecule has 1 N–H and O–H groups in total. The van der Waals surface area contributed by atoms with Crippen LogP contribution in [0.1, 0.15) is 18.9 Å². The maximum absolute atomic E-state index is 12.2. The fraction of sp³-hybridized carbons (Fsp3) is 0.381. The molecule has 144 valence electrons. The molecule has 1 unspecified atom stereocenters. The number of aryl methyl sites for hydroxylation is 1. The van der Waals surface area contributed by atoms with E-state index in [0.717, 1.165) is 28.6 Å². The van der Waals surface area contributed by atoms with Gasteiger partial charge in [-0.05, 0) is 55.3 Å². The Labute approximate surface area is 159 Å². The Morgan fingerprint density at radius 3 is 2.52 bits per heavy atom. The Bertz CT molecular complexity index is 760. The van der Waals surface area contributed by atoms with Gasteiger partial charge in [-0.1, -0.05) is 6.07 Å². The zero-order valence-corrected chi connectivity index (χ0v) is 15.7. The fourth-order valence-electron chi connectivity index (χ4n) is 2.78. The normalized spacial score (nSPS) is 13.6. The van der Waals surface area contributed by atoms with Crippen molar-refractivity contribution in [2.24, 2.45) is 0 Å². The number of ether oxygens (including phenoxy) is 4. The molecule has 0 aliphatic carbocycles.